The van der Waals surface area contributed by atoms with E-state index in [0.717, 1.165) is 35.5 Å². The van der Waals surface area contributed by atoms with E-state index in [1.54, 1.807) is 18.4 Å². The van der Waals surface area contributed by atoms with Crippen LogP contribution in [0, 0.1) is 6.92 Å². The molecule has 0 aliphatic rings. The number of nitrogens with zero attached hydrogens (tertiary/aromatic N) is 1. The van der Waals surface area contributed by atoms with Gasteiger partial charge in [0.15, 0.2) is 0 Å². The van der Waals surface area contributed by atoms with Crippen LogP contribution < -0.4 is 9.64 Å². The van der Waals surface area contributed by atoms with Crippen molar-refractivity contribution in [1.29, 1.82) is 0 Å². The van der Waals surface area contributed by atoms with Crippen molar-refractivity contribution in [2.24, 2.45) is 0 Å². The minimum Gasteiger partial charge on any atom is -0.497 e. The van der Waals surface area contributed by atoms with Crippen molar-refractivity contribution in [3.8, 4) is 16.9 Å². The number of hydrogen-bond donors (Lipinski definition) is 0. The summed E-state index contributed by atoms with van der Waals surface area (Å²) >= 11 is 1.77. The molecule has 0 N–H and O–H groups in total. The number of thiophene rings is 1. The Kier molecular flexibility index (Phi) is 6.97. The number of ether oxygens (including phenoxy) is 1. The van der Waals surface area contributed by atoms with Gasteiger partial charge in [0.2, 0.25) is 0 Å². The van der Waals surface area contributed by atoms with Gasteiger partial charge in [-0.05, 0) is 95.2 Å². The SMILES string of the molecule is COc1ccc(-c2cccc(C)c2N(c2ccccc2)c2ccc(CCc3ccsc3)cc2)cc1. The molecular formula is C32H29NOS. The van der Waals surface area contributed by atoms with Crippen LogP contribution in [0.5, 0.6) is 5.75 Å². The first-order valence-corrected chi connectivity index (χ1v) is 12.9. The first kappa shape index (κ1) is 22.9. The highest BCUT2D eigenvalue weighted by molar-refractivity contribution is 7.07. The van der Waals surface area contributed by atoms with E-state index < -0.39 is 0 Å². The van der Waals surface area contributed by atoms with Crippen LogP contribution in [0.3, 0.4) is 0 Å². The van der Waals surface area contributed by atoms with Gasteiger partial charge in [0.05, 0.1) is 12.8 Å². The summed E-state index contributed by atoms with van der Waals surface area (Å²) in [7, 11) is 1.70. The van der Waals surface area contributed by atoms with Gasteiger partial charge < -0.3 is 9.64 Å². The van der Waals surface area contributed by atoms with Gasteiger partial charge in [-0.15, -0.1) is 0 Å². The summed E-state index contributed by atoms with van der Waals surface area (Å²) in [5.74, 6) is 0.862. The Labute approximate surface area is 212 Å². The molecule has 174 valence electrons. The number of benzene rings is 4. The van der Waals surface area contributed by atoms with E-state index in [2.05, 4.69) is 114 Å². The van der Waals surface area contributed by atoms with E-state index >= 15 is 0 Å². The summed E-state index contributed by atoms with van der Waals surface area (Å²) in [6.45, 7) is 2.19. The molecular weight excluding hydrogens is 446 g/mol. The van der Waals surface area contributed by atoms with Gasteiger partial charge in [-0.2, -0.15) is 11.3 Å². The Hall–Kier alpha value is -3.82. The maximum Gasteiger partial charge on any atom is 0.118 e. The van der Waals surface area contributed by atoms with E-state index in [1.165, 1.54) is 27.9 Å². The van der Waals surface area contributed by atoms with Crippen LogP contribution in [0.2, 0.25) is 0 Å². The van der Waals surface area contributed by atoms with Gasteiger partial charge in [0, 0.05) is 16.9 Å². The molecule has 0 saturated heterocycles. The van der Waals surface area contributed by atoms with E-state index in [9.17, 15) is 0 Å². The molecule has 2 nitrogen and oxygen atoms in total. The number of methoxy groups -OCH3 is 1. The summed E-state index contributed by atoms with van der Waals surface area (Å²) in [5.41, 5.74) is 9.83. The summed E-state index contributed by atoms with van der Waals surface area (Å²) in [5, 5.41) is 4.39. The molecule has 1 heterocycles. The standard InChI is InChI=1S/C32H29NOS/c1-24-7-6-10-31(27-15-19-30(34-2)20-16-27)32(24)33(28-8-4-3-5-9-28)29-17-13-25(14-18-29)11-12-26-21-22-35-23-26/h3-10,13-23H,11-12H2,1-2H3. The highest BCUT2D eigenvalue weighted by Crippen LogP contribution is 2.43. The lowest BCUT2D eigenvalue weighted by atomic mass is 9.98. The lowest BCUT2D eigenvalue weighted by molar-refractivity contribution is 0.415. The van der Waals surface area contributed by atoms with Crippen molar-refractivity contribution in [3.05, 3.63) is 131 Å². The topological polar surface area (TPSA) is 12.5 Å². The summed E-state index contributed by atoms with van der Waals surface area (Å²) < 4.78 is 5.39. The molecule has 0 unspecified atom stereocenters. The molecule has 4 aromatic carbocycles. The van der Waals surface area contributed by atoms with Crippen molar-refractivity contribution in [1.82, 2.24) is 0 Å². The third kappa shape index (κ3) is 5.16. The third-order valence-corrected chi connectivity index (χ3v) is 7.09. The van der Waals surface area contributed by atoms with Gasteiger partial charge in [-0.3, -0.25) is 0 Å². The van der Waals surface area contributed by atoms with Crippen LogP contribution in [0.25, 0.3) is 11.1 Å². The van der Waals surface area contributed by atoms with Gasteiger partial charge in [0.1, 0.15) is 5.75 Å². The fraction of sp³-hybridized carbons (Fsp3) is 0.125. The van der Waals surface area contributed by atoms with Gasteiger partial charge in [-0.25, -0.2) is 0 Å². The van der Waals surface area contributed by atoms with Crippen LogP contribution >= 0.6 is 11.3 Å². The molecule has 0 radical (unpaired) electrons. The number of hydrogen-bond acceptors (Lipinski definition) is 3. The first-order chi connectivity index (χ1) is 17.2. The molecule has 0 aliphatic carbocycles. The zero-order valence-corrected chi connectivity index (χ0v) is 21.0. The predicted octanol–water partition coefficient (Wildman–Crippen LogP) is 8.99. The van der Waals surface area contributed by atoms with E-state index in [4.69, 9.17) is 4.74 Å². The van der Waals surface area contributed by atoms with E-state index in [0.29, 0.717) is 0 Å². The normalized spacial score (nSPS) is 10.8. The van der Waals surface area contributed by atoms with Crippen LogP contribution in [0.15, 0.2) is 114 Å². The van der Waals surface area contributed by atoms with Crippen LogP contribution in [-0.2, 0) is 12.8 Å². The molecule has 3 heteroatoms. The second-order valence-corrected chi connectivity index (χ2v) is 9.45. The second kappa shape index (κ2) is 10.6. The van der Waals surface area contributed by atoms with Crippen molar-refractivity contribution in [2.45, 2.75) is 19.8 Å². The fourth-order valence-corrected chi connectivity index (χ4v) is 5.18. The average Bonchev–Trinajstić information content (AvgIpc) is 3.44. The Bertz CT molecular complexity index is 1360. The number of aryl methyl sites for hydroxylation is 3. The Morgan fingerprint density at radius 2 is 1.40 bits per heavy atom. The molecule has 0 amide bonds. The zero-order valence-electron chi connectivity index (χ0n) is 20.1. The molecule has 5 rings (SSSR count). The highest BCUT2D eigenvalue weighted by Gasteiger charge is 2.19. The van der Waals surface area contributed by atoms with Crippen LogP contribution in [0.1, 0.15) is 16.7 Å². The molecule has 35 heavy (non-hydrogen) atoms. The Morgan fingerprint density at radius 3 is 2.09 bits per heavy atom. The summed E-state index contributed by atoms with van der Waals surface area (Å²) in [6.07, 6.45) is 2.12. The molecule has 0 saturated carbocycles. The van der Waals surface area contributed by atoms with Gasteiger partial charge >= 0.3 is 0 Å². The number of anilines is 3. The fourth-order valence-electron chi connectivity index (χ4n) is 4.48. The smallest absolute Gasteiger partial charge is 0.118 e. The maximum atomic E-state index is 5.39. The molecule has 0 fully saturated rings. The molecule has 1 aromatic heterocycles. The lowest BCUT2D eigenvalue weighted by Gasteiger charge is -2.29. The van der Waals surface area contributed by atoms with Crippen molar-refractivity contribution >= 4 is 28.4 Å². The van der Waals surface area contributed by atoms with Crippen LogP contribution in [-0.4, -0.2) is 7.11 Å². The monoisotopic (exact) mass is 475 g/mol. The third-order valence-electron chi connectivity index (χ3n) is 6.35. The Balaban J connectivity index is 1.56. The van der Waals surface area contributed by atoms with Crippen molar-refractivity contribution in [2.75, 3.05) is 12.0 Å². The zero-order chi connectivity index (χ0) is 24.0. The molecule has 0 spiro atoms. The molecule has 0 bridgehead atoms. The maximum absolute atomic E-state index is 5.39. The number of rotatable bonds is 8. The van der Waals surface area contributed by atoms with Gasteiger partial charge in [-0.1, -0.05) is 60.7 Å². The summed E-state index contributed by atoms with van der Waals surface area (Å²) in [4.78, 5) is 2.37. The highest BCUT2D eigenvalue weighted by atomic mass is 32.1. The minimum atomic E-state index is 0.862. The lowest BCUT2D eigenvalue weighted by Crippen LogP contribution is -2.12. The average molecular weight is 476 g/mol. The predicted molar refractivity (Wildman–Crippen MR) is 150 cm³/mol. The molecule has 5 aromatic rings. The van der Waals surface area contributed by atoms with Crippen molar-refractivity contribution < 1.29 is 4.74 Å². The quantitative estimate of drug-likeness (QED) is 0.222. The minimum absolute atomic E-state index is 0.862. The molecule has 0 atom stereocenters. The molecule has 0 aliphatic heterocycles. The van der Waals surface area contributed by atoms with E-state index in [1.807, 2.05) is 12.1 Å². The first-order valence-electron chi connectivity index (χ1n) is 11.9. The number of para-hydroxylation sites is 2. The Morgan fingerprint density at radius 1 is 0.686 bits per heavy atom. The van der Waals surface area contributed by atoms with E-state index in [-0.39, 0.29) is 0 Å². The summed E-state index contributed by atoms with van der Waals surface area (Å²) in [6, 6.07) is 36.7. The second-order valence-electron chi connectivity index (χ2n) is 8.67. The van der Waals surface area contributed by atoms with Gasteiger partial charge in [0.25, 0.3) is 0 Å². The van der Waals surface area contributed by atoms with Crippen molar-refractivity contribution in [3.63, 3.8) is 0 Å². The van der Waals surface area contributed by atoms with Crippen LogP contribution in [0.4, 0.5) is 17.1 Å². The largest absolute Gasteiger partial charge is 0.497 e.